The Morgan fingerprint density at radius 1 is 1.09 bits per heavy atom. The van der Waals surface area contributed by atoms with Crippen LogP contribution in [0, 0.1) is 6.92 Å². The van der Waals surface area contributed by atoms with Gasteiger partial charge in [-0.05, 0) is 44.2 Å². The third kappa shape index (κ3) is 4.67. The van der Waals surface area contributed by atoms with Gasteiger partial charge in [-0.25, -0.2) is 4.79 Å². The number of nitrogens with zero attached hydrogens (tertiary/aromatic N) is 3. The van der Waals surface area contributed by atoms with Gasteiger partial charge in [0.25, 0.3) is 17.7 Å². The van der Waals surface area contributed by atoms with E-state index in [0.29, 0.717) is 5.56 Å². The molecule has 10 nitrogen and oxygen atoms in total. The Labute approximate surface area is 197 Å². The van der Waals surface area contributed by atoms with Gasteiger partial charge in [0, 0.05) is 5.56 Å². The first kappa shape index (κ1) is 23.8. The van der Waals surface area contributed by atoms with E-state index in [2.05, 4.69) is 14.9 Å². The number of ether oxygens (including phenoxy) is 3. The molecule has 0 saturated heterocycles. The van der Waals surface area contributed by atoms with Crippen LogP contribution in [-0.4, -0.2) is 52.6 Å². The summed E-state index contributed by atoms with van der Waals surface area (Å²) in [5.41, 5.74) is 1.64. The first-order valence-electron chi connectivity index (χ1n) is 10.3. The molecule has 12 heteroatoms. The van der Waals surface area contributed by atoms with Crippen LogP contribution in [0.2, 0.25) is 0 Å². The van der Waals surface area contributed by atoms with E-state index in [9.17, 15) is 23.2 Å². The lowest BCUT2D eigenvalue weighted by molar-refractivity contribution is -0.149. The molecule has 1 unspecified atom stereocenters. The molecule has 0 spiro atoms. The summed E-state index contributed by atoms with van der Waals surface area (Å²) in [6.07, 6.45) is 0. The number of aryl methyl sites for hydroxylation is 1. The summed E-state index contributed by atoms with van der Waals surface area (Å²) in [6.45, 7) is -0.264. The molecule has 1 aliphatic heterocycles. The smallest absolute Gasteiger partial charge is 0.387 e. The summed E-state index contributed by atoms with van der Waals surface area (Å²) < 4.78 is 44.7. The zero-order valence-electron chi connectivity index (χ0n) is 18.8. The molecule has 0 fully saturated rings. The molecule has 1 aromatic heterocycles. The summed E-state index contributed by atoms with van der Waals surface area (Å²) in [6, 6.07) is 7.73. The molecule has 0 bridgehead atoms. The average Bonchev–Trinajstić information content (AvgIpc) is 3.39. The Hall–Kier alpha value is -4.35. The first-order chi connectivity index (χ1) is 16.7. The van der Waals surface area contributed by atoms with Crippen molar-refractivity contribution in [2.24, 2.45) is 0 Å². The minimum Gasteiger partial charge on any atom is -0.493 e. The molecule has 1 aliphatic rings. The van der Waals surface area contributed by atoms with Crippen LogP contribution >= 0.6 is 0 Å². The molecule has 0 aliphatic carbocycles. The number of carbonyl (C=O) groups excluding carboxylic acids is 3. The minimum atomic E-state index is -3.02. The van der Waals surface area contributed by atoms with Crippen molar-refractivity contribution in [3.8, 4) is 22.9 Å². The monoisotopic (exact) mass is 487 g/mol. The molecule has 2 amide bonds. The molecule has 2 aromatic carbocycles. The van der Waals surface area contributed by atoms with Crippen LogP contribution in [0.1, 0.15) is 39.1 Å². The van der Waals surface area contributed by atoms with Crippen molar-refractivity contribution in [2.75, 3.05) is 7.11 Å². The van der Waals surface area contributed by atoms with Gasteiger partial charge in [0.2, 0.25) is 5.82 Å². The molecule has 0 radical (unpaired) electrons. The number of hydrogen-bond donors (Lipinski definition) is 0. The maximum Gasteiger partial charge on any atom is 0.387 e. The molecule has 0 N–H and O–H groups in total. The predicted octanol–water partition coefficient (Wildman–Crippen LogP) is 3.38. The van der Waals surface area contributed by atoms with Gasteiger partial charge in [-0.3, -0.25) is 14.5 Å². The standard InChI is InChI=1S/C23H19F2N3O7/c1-11-4-6-14-15(8-11)21(30)28(20(14)29)12(2)22(31)33-10-18-26-19(27-35-18)13-5-7-16(34-23(24)25)17(9-13)32-3/h4-9,12,23H,10H2,1-3H3. The van der Waals surface area contributed by atoms with E-state index in [0.717, 1.165) is 10.5 Å². The second-order valence-corrected chi connectivity index (χ2v) is 7.57. The predicted molar refractivity (Wildman–Crippen MR) is 114 cm³/mol. The van der Waals surface area contributed by atoms with E-state index < -0.39 is 37.0 Å². The lowest BCUT2D eigenvalue weighted by atomic mass is 10.1. The normalized spacial score (nSPS) is 13.7. The van der Waals surface area contributed by atoms with E-state index >= 15 is 0 Å². The second kappa shape index (κ2) is 9.49. The van der Waals surface area contributed by atoms with Crippen LogP contribution in [0.5, 0.6) is 11.5 Å². The van der Waals surface area contributed by atoms with E-state index in [1.165, 1.54) is 32.2 Å². The number of alkyl halides is 2. The highest BCUT2D eigenvalue weighted by atomic mass is 19.3. The molecule has 1 atom stereocenters. The van der Waals surface area contributed by atoms with Gasteiger partial charge in [-0.2, -0.15) is 13.8 Å². The van der Waals surface area contributed by atoms with Gasteiger partial charge in [0.15, 0.2) is 18.1 Å². The maximum atomic E-state index is 12.7. The summed E-state index contributed by atoms with van der Waals surface area (Å²) in [5, 5.41) is 3.77. The van der Waals surface area contributed by atoms with Crippen molar-refractivity contribution >= 4 is 17.8 Å². The number of esters is 1. The van der Waals surface area contributed by atoms with Gasteiger partial charge >= 0.3 is 12.6 Å². The quantitative estimate of drug-likeness (QED) is 0.348. The van der Waals surface area contributed by atoms with E-state index in [4.69, 9.17) is 14.0 Å². The number of fused-ring (bicyclic) bond motifs is 1. The average molecular weight is 487 g/mol. The Morgan fingerprint density at radius 2 is 1.83 bits per heavy atom. The number of carbonyl (C=O) groups is 3. The summed E-state index contributed by atoms with van der Waals surface area (Å²) >= 11 is 0. The van der Waals surface area contributed by atoms with Crippen molar-refractivity contribution in [2.45, 2.75) is 33.1 Å². The largest absolute Gasteiger partial charge is 0.493 e. The molecule has 4 rings (SSSR count). The van der Waals surface area contributed by atoms with Gasteiger partial charge in [0.1, 0.15) is 6.04 Å². The molecule has 0 saturated carbocycles. The van der Waals surface area contributed by atoms with Gasteiger partial charge in [-0.15, -0.1) is 0 Å². The van der Waals surface area contributed by atoms with E-state index in [-0.39, 0.29) is 34.3 Å². The first-order valence-corrected chi connectivity index (χ1v) is 10.3. The topological polar surface area (TPSA) is 121 Å². The lowest BCUT2D eigenvalue weighted by Gasteiger charge is -2.20. The summed E-state index contributed by atoms with van der Waals surface area (Å²) in [4.78, 5) is 42.8. The molecular weight excluding hydrogens is 468 g/mol. The zero-order valence-corrected chi connectivity index (χ0v) is 18.8. The Balaban J connectivity index is 1.41. The molecule has 2 heterocycles. The number of aromatic nitrogens is 2. The Bertz CT molecular complexity index is 1310. The van der Waals surface area contributed by atoms with Gasteiger partial charge in [0.05, 0.1) is 18.2 Å². The molecule has 35 heavy (non-hydrogen) atoms. The number of benzene rings is 2. The zero-order chi connectivity index (χ0) is 25.3. The van der Waals surface area contributed by atoms with Gasteiger partial charge in [-0.1, -0.05) is 16.8 Å². The highest BCUT2D eigenvalue weighted by molar-refractivity contribution is 6.22. The summed E-state index contributed by atoms with van der Waals surface area (Å²) in [7, 11) is 1.29. The maximum absolute atomic E-state index is 12.7. The molecular formula is C23H19F2N3O7. The Morgan fingerprint density at radius 3 is 2.54 bits per heavy atom. The number of imide groups is 1. The van der Waals surface area contributed by atoms with Crippen molar-refractivity contribution in [1.29, 1.82) is 0 Å². The number of hydrogen-bond acceptors (Lipinski definition) is 9. The minimum absolute atomic E-state index is 0.0329. The van der Waals surface area contributed by atoms with Crippen LogP contribution in [0.25, 0.3) is 11.4 Å². The van der Waals surface area contributed by atoms with Crippen molar-refractivity contribution in [3.05, 3.63) is 59.0 Å². The van der Waals surface area contributed by atoms with Gasteiger partial charge < -0.3 is 18.7 Å². The van der Waals surface area contributed by atoms with Crippen molar-refractivity contribution < 1.29 is 41.9 Å². The van der Waals surface area contributed by atoms with Crippen molar-refractivity contribution in [1.82, 2.24) is 15.0 Å². The number of amides is 2. The van der Waals surface area contributed by atoms with Crippen LogP contribution in [0.3, 0.4) is 0 Å². The highest BCUT2D eigenvalue weighted by Crippen LogP contribution is 2.32. The van der Waals surface area contributed by atoms with Crippen LogP contribution in [0.15, 0.2) is 40.9 Å². The van der Waals surface area contributed by atoms with Crippen LogP contribution in [-0.2, 0) is 16.1 Å². The number of rotatable bonds is 8. The molecule has 182 valence electrons. The second-order valence-electron chi connectivity index (χ2n) is 7.57. The highest BCUT2D eigenvalue weighted by Gasteiger charge is 2.41. The van der Waals surface area contributed by atoms with Crippen LogP contribution in [0.4, 0.5) is 8.78 Å². The molecule has 3 aromatic rings. The lowest BCUT2D eigenvalue weighted by Crippen LogP contribution is -2.43. The fourth-order valence-corrected chi connectivity index (χ4v) is 3.51. The summed E-state index contributed by atoms with van der Waals surface area (Å²) in [5.74, 6) is -2.11. The van der Waals surface area contributed by atoms with E-state index in [1.807, 2.05) is 0 Å². The SMILES string of the molecule is COc1cc(-c2noc(COC(=O)C(C)N3C(=O)c4ccc(C)cc4C3=O)n2)ccc1OC(F)F. The third-order valence-electron chi connectivity index (χ3n) is 5.25. The Kier molecular flexibility index (Phi) is 6.45. The fraction of sp³-hybridized carbons (Fsp3) is 0.261. The third-order valence-corrected chi connectivity index (χ3v) is 5.25. The fourth-order valence-electron chi connectivity index (χ4n) is 3.51. The van der Waals surface area contributed by atoms with E-state index in [1.54, 1.807) is 25.1 Å². The number of halogens is 2. The number of methoxy groups -OCH3 is 1. The van der Waals surface area contributed by atoms with Crippen LogP contribution < -0.4 is 9.47 Å². The van der Waals surface area contributed by atoms with Crippen molar-refractivity contribution in [3.63, 3.8) is 0 Å².